The molecule has 1 rings (SSSR count). The van der Waals surface area contributed by atoms with E-state index in [1.807, 2.05) is 13.8 Å². The molecule has 0 saturated carbocycles. The molecule has 3 N–H and O–H groups in total. The molecule has 1 aromatic heterocycles. The molecule has 0 aliphatic heterocycles. The Labute approximate surface area is 188 Å². The van der Waals surface area contributed by atoms with Crippen LogP contribution in [0.5, 0.6) is 0 Å². The maximum Gasteiger partial charge on any atom is 0.274 e. The number of rotatable bonds is 12. The van der Waals surface area contributed by atoms with Crippen molar-refractivity contribution >= 4 is 33.2 Å². The summed E-state index contributed by atoms with van der Waals surface area (Å²) in [6.07, 6.45) is 5.07. The zero-order valence-electron chi connectivity index (χ0n) is 18.9. The van der Waals surface area contributed by atoms with E-state index in [4.69, 9.17) is 0 Å². The first kappa shape index (κ1) is 27.1. The summed E-state index contributed by atoms with van der Waals surface area (Å²) in [5, 5.41) is 8.74. The Kier molecular flexibility index (Phi) is 10.8. The summed E-state index contributed by atoms with van der Waals surface area (Å²) in [5.74, 6) is -0.940. The van der Waals surface area contributed by atoms with E-state index in [0.29, 0.717) is 12.5 Å². The second kappa shape index (κ2) is 12.8. The lowest BCUT2D eigenvalue weighted by Crippen LogP contribution is -2.43. The molecule has 0 bridgehead atoms. The van der Waals surface area contributed by atoms with Crippen molar-refractivity contribution in [1.82, 2.24) is 15.2 Å². The number of nitrogens with one attached hydrogen (secondary N) is 3. The number of anilines is 1. The van der Waals surface area contributed by atoms with Crippen LogP contribution in [0.4, 0.5) is 5.69 Å². The van der Waals surface area contributed by atoms with E-state index in [9.17, 15) is 27.6 Å². The fourth-order valence-corrected chi connectivity index (χ4v) is 3.19. The summed E-state index contributed by atoms with van der Waals surface area (Å²) < 4.78 is 23.5. The highest BCUT2D eigenvalue weighted by molar-refractivity contribution is 7.93. The average molecular weight is 469 g/mol. The molecular formula is C21H32N4O6S. The molecule has 0 saturated heterocycles. The van der Waals surface area contributed by atoms with Crippen LogP contribution in [0.3, 0.4) is 0 Å². The molecule has 0 fully saturated rings. The number of aromatic nitrogens is 1. The van der Waals surface area contributed by atoms with Crippen LogP contribution in [0.25, 0.3) is 0 Å². The minimum Gasteiger partial charge on any atom is -0.355 e. The van der Waals surface area contributed by atoms with Gasteiger partial charge in [-0.1, -0.05) is 19.9 Å². The monoisotopic (exact) mass is 468 g/mol. The summed E-state index contributed by atoms with van der Waals surface area (Å²) in [5.41, 5.74) is -0.590. The lowest BCUT2D eigenvalue weighted by atomic mass is 10.1. The fraction of sp³-hybridized carbons (Fsp3) is 0.524. The summed E-state index contributed by atoms with van der Waals surface area (Å²) in [7, 11) is -3.29. The zero-order valence-corrected chi connectivity index (χ0v) is 19.7. The van der Waals surface area contributed by atoms with Gasteiger partial charge < -0.3 is 20.5 Å². The Balaban J connectivity index is 2.84. The molecule has 1 aromatic rings. The lowest BCUT2D eigenvalue weighted by Gasteiger charge is -2.17. The van der Waals surface area contributed by atoms with Crippen molar-refractivity contribution in [1.29, 1.82) is 0 Å². The van der Waals surface area contributed by atoms with Gasteiger partial charge in [-0.15, -0.1) is 0 Å². The highest BCUT2D eigenvalue weighted by atomic mass is 32.2. The normalized spacial score (nSPS) is 12.5. The van der Waals surface area contributed by atoms with Gasteiger partial charge in [-0.05, 0) is 37.3 Å². The molecule has 0 aliphatic rings. The first-order valence-corrected chi connectivity index (χ1v) is 12.2. The molecule has 32 heavy (non-hydrogen) atoms. The number of nitrogens with zero attached hydrogens (tertiary/aromatic N) is 1. The van der Waals surface area contributed by atoms with Crippen LogP contribution in [-0.2, 0) is 30.8 Å². The number of amides is 3. The Morgan fingerprint density at radius 2 is 1.88 bits per heavy atom. The van der Waals surface area contributed by atoms with Gasteiger partial charge in [0, 0.05) is 31.3 Å². The maximum absolute atomic E-state index is 12.6. The second-order valence-electron chi connectivity index (χ2n) is 7.91. The summed E-state index contributed by atoms with van der Waals surface area (Å²) >= 11 is 0. The third-order valence-corrected chi connectivity index (χ3v) is 4.98. The van der Waals surface area contributed by atoms with Gasteiger partial charge in [-0.25, -0.2) is 8.42 Å². The fourth-order valence-electron chi connectivity index (χ4n) is 2.71. The highest BCUT2D eigenvalue weighted by Crippen LogP contribution is 2.06. The molecule has 0 unspecified atom stereocenters. The van der Waals surface area contributed by atoms with Gasteiger partial charge in [-0.2, -0.15) is 0 Å². The van der Waals surface area contributed by atoms with Crippen LogP contribution in [0.2, 0.25) is 0 Å². The van der Waals surface area contributed by atoms with Gasteiger partial charge in [0.05, 0.1) is 0 Å². The van der Waals surface area contributed by atoms with Crippen molar-refractivity contribution in [2.75, 3.05) is 18.1 Å². The molecule has 3 amide bonds. The third-order valence-electron chi connectivity index (χ3n) is 4.30. The minimum absolute atomic E-state index is 0.0329. The van der Waals surface area contributed by atoms with Crippen molar-refractivity contribution in [3.63, 3.8) is 0 Å². The van der Waals surface area contributed by atoms with Crippen molar-refractivity contribution in [2.45, 2.75) is 52.6 Å². The van der Waals surface area contributed by atoms with Gasteiger partial charge in [0.25, 0.3) is 5.56 Å². The molecule has 0 aliphatic carbocycles. The molecule has 1 atom stereocenters. The Morgan fingerprint density at radius 3 is 2.47 bits per heavy atom. The number of sulfone groups is 1. The number of allylic oxidation sites excluding steroid dienone is 1. The quantitative estimate of drug-likeness (QED) is 0.414. The molecule has 1 heterocycles. The number of hydrogen-bond acceptors (Lipinski definition) is 6. The highest BCUT2D eigenvalue weighted by Gasteiger charge is 2.20. The summed E-state index contributed by atoms with van der Waals surface area (Å²) in [4.78, 5) is 48.8. The number of carbonyl (C=O) groups is 3. The topological polar surface area (TPSA) is 143 Å². The van der Waals surface area contributed by atoms with Crippen LogP contribution in [0, 0.1) is 5.92 Å². The van der Waals surface area contributed by atoms with E-state index in [0.717, 1.165) is 18.1 Å². The van der Waals surface area contributed by atoms with E-state index in [1.165, 1.54) is 35.9 Å². The Bertz CT molecular complexity index is 998. The minimum atomic E-state index is -3.29. The predicted molar refractivity (Wildman–Crippen MR) is 123 cm³/mol. The second-order valence-corrected chi connectivity index (χ2v) is 9.84. The Hall–Kier alpha value is -2.95. The van der Waals surface area contributed by atoms with Crippen molar-refractivity contribution in [3.8, 4) is 0 Å². The molecule has 0 aromatic carbocycles. The van der Waals surface area contributed by atoms with E-state index < -0.39 is 33.3 Å². The van der Waals surface area contributed by atoms with Gasteiger partial charge in [0.1, 0.15) is 18.3 Å². The van der Waals surface area contributed by atoms with Crippen molar-refractivity contribution < 1.29 is 22.8 Å². The lowest BCUT2D eigenvalue weighted by molar-refractivity contribution is -0.125. The van der Waals surface area contributed by atoms with Crippen LogP contribution < -0.4 is 21.5 Å². The molecule has 10 nitrogen and oxygen atoms in total. The van der Waals surface area contributed by atoms with Crippen LogP contribution in [-0.4, -0.2) is 49.5 Å². The van der Waals surface area contributed by atoms with Crippen LogP contribution >= 0.6 is 0 Å². The number of hydrogen-bond donors (Lipinski definition) is 3. The SMILES string of the molecule is CC(=O)N[C@@H](CCC=CS(C)(=O)=O)C(=O)Nc1cccn(CC(=O)NCCC(C)C)c1=O. The van der Waals surface area contributed by atoms with Crippen molar-refractivity contribution in [2.24, 2.45) is 5.92 Å². The van der Waals surface area contributed by atoms with Crippen molar-refractivity contribution in [3.05, 3.63) is 40.2 Å². The summed E-state index contributed by atoms with van der Waals surface area (Å²) in [6.45, 7) is 5.65. The number of carbonyl (C=O) groups excluding carboxylic acids is 3. The predicted octanol–water partition coefficient (Wildman–Crippen LogP) is 0.792. The molecule has 178 valence electrons. The summed E-state index contributed by atoms with van der Waals surface area (Å²) in [6, 6.07) is 1.96. The van der Waals surface area contributed by atoms with Crippen LogP contribution in [0.1, 0.15) is 40.0 Å². The molecule has 11 heteroatoms. The average Bonchev–Trinajstić information content (AvgIpc) is 2.66. The van der Waals surface area contributed by atoms with Crippen LogP contribution in [0.15, 0.2) is 34.6 Å². The molecular weight excluding hydrogens is 436 g/mol. The van der Waals surface area contributed by atoms with E-state index in [-0.39, 0.29) is 31.0 Å². The molecule has 0 radical (unpaired) electrons. The first-order chi connectivity index (χ1) is 14.9. The van der Waals surface area contributed by atoms with E-state index in [1.54, 1.807) is 0 Å². The van der Waals surface area contributed by atoms with Gasteiger partial charge in [0.2, 0.25) is 17.7 Å². The largest absolute Gasteiger partial charge is 0.355 e. The number of pyridine rings is 1. The maximum atomic E-state index is 12.6. The first-order valence-electron chi connectivity index (χ1n) is 10.3. The van der Waals surface area contributed by atoms with E-state index >= 15 is 0 Å². The standard InChI is InChI=1S/C21H32N4O6S/c1-15(2)10-11-22-19(27)14-25-12-7-9-18(21(25)29)24-20(28)17(23-16(3)26)8-5-6-13-32(4,30)31/h6-7,9,12-13,15,17H,5,8,10-11,14H2,1-4H3,(H,22,27)(H,23,26)(H,24,28)/t17-/m0/s1. The van der Waals surface area contributed by atoms with Gasteiger partial charge >= 0.3 is 0 Å². The van der Waals surface area contributed by atoms with Gasteiger partial charge in [-0.3, -0.25) is 19.2 Å². The van der Waals surface area contributed by atoms with E-state index in [2.05, 4.69) is 16.0 Å². The smallest absolute Gasteiger partial charge is 0.274 e. The van der Waals surface area contributed by atoms with Gasteiger partial charge in [0.15, 0.2) is 9.84 Å². The Morgan fingerprint density at radius 1 is 1.19 bits per heavy atom. The third kappa shape index (κ3) is 10.9. The molecule has 0 spiro atoms. The zero-order chi connectivity index (χ0) is 24.3.